The smallest absolute Gasteiger partial charge is 0.346 e. The Balaban J connectivity index is 0.977. The zero-order chi connectivity index (χ0) is 81.9. The summed E-state index contributed by atoms with van der Waals surface area (Å²) in [6.45, 7) is 30.4. The molecule has 0 amide bonds. The van der Waals surface area contributed by atoms with Crippen LogP contribution in [0.4, 0.5) is 17.1 Å². The molecule has 0 fully saturated rings. The molecule has 3 heterocycles. The molecule has 0 saturated carbocycles. The van der Waals surface area contributed by atoms with Crippen molar-refractivity contribution in [2.24, 2.45) is 35.5 Å². The average Bonchev–Trinajstić information content (AvgIpc) is 1.54. The number of nitriles is 1. The van der Waals surface area contributed by atoms with Gasteiger partial charge in [-0.2, -0.15) is 14.0 Å². The summed E-state index contributed by atoms with van der Waals surface area (Å²) in [5.41, 5.74) is 16.4. The van der Waals surface area contributed by atoms with E-state index in [9.17, 15) is 15.2 Å². The summed E-state index contributed by atoms with van der Waals surface area (Å²) in [5.74, 6) is 5.30. The van der Waals surface area contributed by atoms with Crippen molar-refractivity contribution in [3.63, 3.8) is 0 Å². The Morgan fingerprint density at radius 2 is 0.759 bits per heavy atom. The fraction of sp³-hybridized carbons (Fsp3) is 0.476. The summed E-state index contributed by atoms with van der Waals surface area (Å²) in [5, 5.41) is 19.3. The minimum atomic E-state index is -1.22. The molecule has 7 aromatic carbocycles. The number of anilines is 3. The third kappa shape index (κ3) is 22.0. The van der Waals surface area contributed by atoms with Crippen molar-refractivity contribution < 1.29 is 28.8 Å². The van der Waals surface area contributed by atoms with Gasteiger partial charge < -0.3 is 29.0 Å². The molecule has 1 aliphatic carbocycles. The number of unbranched alkanes of at least 4 members (excludes halogenated alkanes) is 6. The second-order valence-electron chi connectivity index (χ2n) is 33.0. The van der Waals surface area contributed by atoms with Gasteiger partial charge in [-0.15, -0.1) is 22.7 Å². The molecule has 10 aromatic rings. The first-order valence-electron chi connectivity index (χ1n) is 44.6. The van der Waals surface area contributed by atoms with E-state index in [4.69, 9.17) is 27.7 Å². The monoisotopic (exact) mass is 1610 g/mol. The molecule has 0 spiro atoms. The molecule has 116 heavy (non-hydrogen) atoms. The first-order valence-corrected chi connectivity index (χ1v) is 47.0. The molecule has 0 saturated heterocycles. The Hall–Kier alpha value is -8.54. The Labute approximate surface area is 707 Å². The molecule has 1 aliphatic rings. The number of aliphatic carboxylic acids is 1. The number of carboxylic acids is 1. The van der Waals surface area contributed by atoms with Gasteiger partial charge in [0.1, 0.15) is 45.7 Å². The number of hydrogen-bond donors (Lipinski definition) is 1. The van der Waals surface area contributed by atoms with Crippen LogP contribution in [0.15, 0.2) is 163 Å². The maximum atomic E-state index is 11.8. The molecule has 6 unspecified atom stereocenters. The van der Waals surface area contributed by atoms with Gasteiger partial charge in [0.05, 0.1) is 38.2 Å². The highest BCUT2D eigenvalue weighted by Gasteiger charge is 2.49. The van der Waals surface area contributed by atoms with Gasteiger partial charge in [0.25, 0.3) is 0 Å². The van der Waals surface area contributed by atoms with Crippen molar-refractivity contribution in [2.45, 2.75) is 255 Å². The Bertz CT molecular complexity index is 4630. The third-order valence-electron chi connectivity index (χ3n) is 24.8. The van der Waals surface area contributed by atoms with Gasteiger partial charge in [0.15, 0.2) is 0 Å². The summed E-state index contributed by atoms with van der Waals surface area (Å²) < 4.78 is 37.4. The lowest BCUT2D eigenvalue weighted by Crippen LogP contribution is -2.30. The molecule has 0 aliphatic heterocycles. The number of ether oxygens (including phenoxy) is 4. The zero-order valence-electron chi connectivity index (χ0n) is 71.8. The van der Waals surface area contributed by atoms with Crippen LogP contribution in [-0.2, 0) is 10.2 Å². The Morgan fingerprint density at radius 3 is 1.15 bits per heavy atom. The van der Waals surface area contributed by atoms with Crippen LogP contribution in [0.2, 0.25) is 0 Å². The summed E-state index contributed by atoms with van der Waals surface area (Å²) in [4.78, 5) is 19.6. The van der Waals surface area contributed by atoms with Gasteiger partial charge in [-0.25, -0.2) is 4.79 Å². The lowest BCUT2D eigenvalue weighted by Gasteiger charge is -2.37. The number of fused-ring (bicyclic) bond motifs is 4. The molecule has 0 bridgehead atoms. The molecular weight excluding hydrogens is 1490 g/mol. The SMILES string of the molecule is CCCCC(CC)COc1ccc(-c2ccc(N(c3ccc(-c4ccc(OCC(CC)CCCC)cc4OCC(CC)CCCC)cc3)c3ccc(-c4ccc(-c5cc6c(s5)C(CC(CC)CCCC)(CC(CC)CCCC)c5sc(-c7ccc(/C=C(\C#N)C(=O)O)cc7)cc5-6)c5nsnc45)cc3)cc2)c(OCC(CC)CCCC)c1. The number of aromatic nitrogens is 2. The summed E-state index contributed by atoms with van der Waals surface area (Å²) >= 11 is 5.23. The van der Waals surface area contributed by atoms with Crippen molar-refractivity contribution in [3.8, 4) is 94.5 Å². The van der Waals surface area contributed by atoms with Gasteiger partial charge in [-0.05, 0) is 192 Å². The van der Waals surface area contributed by atoms with Crippen LogP contribution in [0.1, 0.15) is 265 Å². The van der Waals surface area contributed by atoms with Gasteiger partial charge in [0, 0.05) is 76.4 Å². The maximum Gasteiger partial charge on any atom is 0.346 e. The van der Waals surface area contributed by atoms with Crippen LogP contribution in [0.5, 0.6) is 23.0 Å². The normalized spacial score (nSPS) is 14.8. The quantitative estimate of drug-likeness (QED) is 0.0291. The standard InChI is InChI=1S/C103H130N4O6S3/c1-13-25-31-71(19-7)64-103(65-72(20-8)32-26-14-2)100-92(62-96(114-100)81-39-37-77(38-40-81)59-82(66-104)102(108)109)93-63-97(115-101(93)103)91-58-57-90(98-99(91)106-116-105-98)80-45-51-85(52-46-80)107(83-47-41-78(42-48-83)88-55-53-86(110-67-73(21-9)33-27-15-3)60-94(88)112-69-75(23-11)35-29-17-5)84-49-43-79(44-50-84)89-56-54-87(111-68-74(22-10)34-28-16-4)61-95(89)113-70-76(24-12)36-30-18-6/h37-63,71-76H,13-36,64-65,67-70H2,1-12H3,(H,108,109)/b82-59+. The predicted molar refractivity (Wildman–Crippen MR) is 494 cm³/mol. The molecule has 616 valence electrons. The van der Waals surface area contributed by atoms with Crippen molar-refractivity contribution in [1.29, 1.82) is 5.26 Å². The maximum absolute atomic E-state index is 11.8. The number of carboxylic acid groups (broad SMARTS) is 1. The third-order valence-corrected chi connectivity index (χ3v) is 28.1. The number of rotatable bonds is 50. The summed E-state index contributed by atoms with van der Waals surface area (Å²) in [7, 11) is 0. The lowest BCUT2D eigenvalue weighted by molar-refractivity contribution is -0.132. The predicted octanol–water partition coefficient (Wildman–Crippen LogP) is 31.5. The fourth-order valence-electron chi connectivity index (χ4n) is 17.1. The fourth-order valence-corrected chi connectivity index (χ4v) is 20.5. The van der Waals surface area contributed by atoms with Crippen LogP contribution in [-0.4, -0.2) is 46.3 Å². The van der Waals surface area contributed by atoms with Crippen LogP contribution >= 0.6 is 34.4 Å². The van der Waals surface area contributed by atoms with E-state index in [1.807, 2.05) is 40.9 Å². The molecule has 6 atom stereocenters. The second-order valence-corrected chi connectivity index (χ2v) is 35.6. The van der Waals surface area contributed by atoms with E-state index in [0.717, 1.165) is 160 Å². The highest BCUT2D eigenvalue weighted by molar-refractivity contribution is 7.18. The molecule has 3 aromatic heterocycles. The number of thiophene rings is 2. The van der Waals surface area contributed by atoms with Gasteiger partial charge in [0.2, 0.25) is 0 Å². The number of carbonyl (C=O) groups is 1. The van der Waals surface area contributed by atoms with Crippen molar-refractivity contribution in [3.05, 3.63) is 179 Å². The Kier molecular flexibility index (Phi) is 33.7. The highest BCUT2D eigenvalue weighted by atomic mass is 32.1. The van der Waals surface area contributed by atoms with Gasteiger partial charge >= 0.3 is 5.97 Å². The lowest BCUT2D eigenvalue weighted by atomic mass is 9.70. The topological polar surface area (TPSA) is 127 Å². The molecular formula is C103H130N4O6S3. The summed E-state index contributed by atoms with van der Waals surface area (Å²) in [6.07, 6.45) is 31.7. The minimum Gasteiger partial charge on any atom is -0.493 e. The van der Waals surface area contributed by atoms with Gasteiger partial charge in [-0.3, -0.25) is 0 Å². The first kappa shape index (κ1) is 88.3. The van der Waals surface area contributed by atoms with Crippen molar-refractivity contribution in [1.82, 2.24) is 8.75 Å². The number of hydrogen-bond acceptors (Lipinski definition) is 12. The minimum absolute atomic E-state index is 0.166. The van der Waals surface area contributed by atoms with E-state index in [-0.39, 0.29) is 11.0 Å². The van der Waals surface area contributed by atoms with Crippen LogP contribution < -0.4 is 23.8 Å². The van der Waals surface area contributed by atoms with E-state index in [0.29, 0.717) is 67.5 Å². The molecule has 13 heteroatoms. The van der Waals surface area contributed by atoms with E-state index < -0.39 is 5.97 Å². The molecule has 0 radical (unpaired) electrons. The number of nitrogens with zero attached hydrogens (tertiary/aromatic N) is 4. The van der Waals surface area contributed by atoms with E-state index in [1.165, 1.54) is 151 Å². The van der Waals surface area contributed by atoms with E-state index in [2.05, 4.69) is 234 Å². The van der Waals surface area contributed by atoms with Crippen LogP contribution in [0.25, 0.3) is 82.5 Å². The van der Waals surface area contributed by atoms with E-state index in [1.54, 1.807) is 0 Å². The zero-order valence-corrected chi connectivity index (χ0v) is 74.2. The van der Waals surface area contributed by atoms with E-state index >= 15 is 0 Å². The van der Waals surface area contributed by atoms with Crippen molar-refractivity contribution in [2.75, 3.05) is 31.3 Å². The van der Waals surface area contributed by atoms with Crippen molar-refractivity contribution >= 4 is 74.5 Å². The first-order chi connectivity index (χ1) is 56.7. The molecule has 10 nitrogen and oxygen atoms in total. The summed E-state index contributed by atoms with van der Waals surface area (Å²) in [6, 6.07) is 59.4. The largest absolute Gasteiger partial charge is 0.493 e. The average molecular weight is 1620 g/mol. The Morgan fingerprint density at radius 1 is 0.414 bits per heavy atom. The van der Waals surface area contributed by atoms with Crippen LogP contribution in [0, 0.1) is 46.8 Å². The second kappa shape index (κ2) is 44.3. The highest BCUT2D eigenvalue weighted by Crippen LogP contribution is 2.63. The van der Waals surface area contributed by atoms with Crippen LogP contribution in [0.3, 0.4) is 0 Å². The molecule has 1 N–H and O–H groups in total. The van der Waals surface area contributed by atoms with Gasteiger partial charge in [-0.1, -0.05) is 284 Å². The number of benzene rings is 7. The molecule has 11 rings (SSSR count).